The fourth-order valence-corrected chi connectivity index (χ4v) is 1.21. The second-order valence-electron chi connectivity index (χ2n) is 3.61. The smallest absolute Gasteiger partial charge is 0.150 e. The predicted octanol–water partition coefficient (Wildman–Crippen LogP) is 1.68. The molecule has 4 nitrogen and oxygen atoms in total. The molecule has 0 unspecified atom stereocenters. The van der Waals surface area contributed by atoms with Crippen LogP contribution in [0.15, 0.2) is 6.33 Å². The van der Waals surface area contributed by atoms with Crippen LogP contribution in [0.3, 0.4) is 0 Å². The summed E-state index contributed by atoms with van der Waals surface area (Å²) >= 11 is 5.91. The number of anilines is 2. The van der Waals surface area contributed by atoms with Crippen LogP contribution in [0.25, 0.3) is 0 Å². The summed E-state index contributed by atoms with van der Waals surface area (Å²) in [5.41, 5.74) is 5.69. The highest BCUT2D eigenvalue weighted by atomic mass is 35.5. The third-order valence-electron chi connectivity index (χ3n) is 2.24. The molecule has 0 spiro atoms. The fraction of sp³-hybridized carbons (Fsp3) is 0.500. The minimum Gasteiger partial charge on any atom is -0.382 e. The number of nitrogen functional groups attached to an aromatic ring is 1. The standard InChI is InChI=1S/C8H11ClN4/c1-8(2-3-8)13-7-5(9)6(10)11-4-12-7/h4H,2-3H2,1H3,(H3,10,11,12,13). The van der Waals surface area contributed by atoms with Gasteiger partial charge in [-0.2, -0.15) is 0 Å². The Labute approximate surface area is 81.5 Å². The Hall–Kier alpha value is -1.03. The zero-order valence-electron chi connectivity index (χ0n) is 7.34. The topological polar surface area (TPSA) is 63.8 Å². The lowest BCUT2D eigenvalue weighted by molar-refractivity contribution is 0.819. The first-order chi connectivity index (χ1) is 6.11. The molecule has 0 bridgehead atoms. The minimum absolute atomic E-state index is 0.157. The summed E-state index contributed by atoms with van der Waals surface area (Å²) in [6, 6.07) is 0. The van der Waals surface area contributed by atoms with Gasteiger partial charge in [0.2, 0.25) is 0 Å². The molecule has 0 saturated heterocycles. The SMILES string of the molecule is CC1(Nc2ncnc(N)c2Cl)CC1. The number of hydrogen-bond donors (Lipinski definition) is 2. The van der Waals surface area contributed by atoms with Crippen LogP contribution in [0.5, 0.6) is 0 Å². The van der Waals surface area contributed by atoms with Crippen LogP contribution in [0.1, 0.15) is 19.8 Å². The largest absolute Gasteiger partial charge is 0.382 e. The number of rotatable bonds is 2. The number of nitrogens with zero attached hydrogens (tertiary/aromatic N) is 2. The lowest BCUT2D eigenvalue weighted by Gasteiger charge is -2.13. The Bertz CT molecular complexity index is 335. The molecular weight excluding hydrogens is 188 g/mol. The third-order valence-corrected chi connectivity index (χ3v) is 2.61. The minimum atomic E-state index is 0.157. The van der Waals surface area contributed by atoms with E-state index in [4.69, 9.17) is 17.3 Å². The van der Waals surface area contributed by atoms with Gasteiger partial charge in [-0.3, -0.25) is 0 Å². The molecule has 1 aromatic rings. The fourth-order valence-electron chi connectivity index (χ4n) is 1.07. The molecule has 5 heteroatoms. The molecule has 1 aliphatic carbocycles. The van der Waals surface area contributed by atoms with Crippen molar-refractivity contribution < 1.29 is 0 Å². The lowest BCUT2D eigenvalue weighted by atomic mass is 10.3. The van der Waals surface area contributed by atoms with E-state index in [2.05, 4.69) is 22.2 Å². The molecule has 1 fully saturated rings. The molecule has 2 rings (SSSR count). The van der Waals surface area contributed by atoms with Crippen LogP contribution in [0.4, 0.5) is 11.6 Å². The van der Waals surface area contributed by atoms with Gasteiger partial charge >= 0.3 is 0 Å². The summed E-state index contributed by atoms with van der Waals surface area (Å²) in [7, 11) is 0. The Morgan fingerprint density at radius 3 is 2.85 bits per heavy atom. The van der Waals surface area contributed by atoms with Gasteiger partial charge in [0.1, 0.15) is 17.2 Å². The summed E-state index contributed by atoms with van der Waals surface area (Å²) < 4.78 is 0. The molecule has 0 aromatic carbocycles. The molecule has 0 amide bonds. The molecule has 0 radical (unpaired) electrons. The molecule has 3 N–H and O–H groups in total. The van der Waals surface area contributed by atoms with E-state index in [-0.39, 0.29) is 5.54 Å². The van der Waals surface area contributed by atoms with Crippen LogP contribution in [0.2, 0.25) is 5.02 Å². The number of halogens is 1. The van der Waals surface area contributed by atoms with E-state index in [1.807, 2.05) is 0 Å². The average Bonchev–Trinajstić information content (AvgIpc) is 2.78. The summed E-state index contributed by atoms with van der Waals surface area (Å²) in [6.45, 7) is 2.13. The van der Waals surface area contributed by atoms with Gasteiger partial charge in [-0.15, -0.1) is 0 Å². The van der Waals surface area contributed by atoms with Gasteiger partial charge in [-0.25, -0.2) is 9.97 Å². The first-order valence-electron chi connectivity index (χ1n) is 4.15. The van der Waals surface area contributed by atoms with Crippen molar-refractivity contribution >= 4 is 23.2 Å². The van der Waals surface area contributed by atoms with Crippen LogP contribution < -0.4 is 11.1 Å². The molecule has 0 aliphatic heterocycles. The summed E-state index contributed by atoms with van der Waals surface area (Å²) in [5.74, 6) is 0.956. The van der Waals surface area contributed by atoms with Crippen LogP contribution >= 0.6 is 11.6 Å². The maximum absolute atomic E-state index is 5.91. The van der Waals surface area contributed by atoms with E-state index in [9.17, 15) is 0 Å². The second-order valence-corrected chi connectivity index (χ2v) is 3.99. The highest BCUT2D eigenvalue weighted by Crippen LogP contribution is 2.39. The van der Waals surface area contributed by atoms with Crippen molar-refractivity contribution in [2.24, 2.45) is 0 Å². The van der Waals surface area contributed by atoms with E-state index in [1.54, 1.807) is 0 Å². The van der Waals surface area contributed by atoms with Crippen molar-refractivity contribution in [2.45, 2.75) is 25.3 Å². The Balaban J connectivity index is 2.25. The Morgan fingerprint density at radius 1 is 1.54 bits per heavy atom. The Morgan fingerprint density at radius 2 is 2.23 bits per heavy atom. The van der Waals surface area contributed by atoms with Crippen molar-refractivity contribution in [3.8, 4) is 0 Å². The quantitative estimate of drug-likeness (QED) is 0.759. The lowest BCUT2D eigenvalue weighted by Crippen LogP contribution is -2.17. The zero-order chi connectivity index (χ0) is 9.47. The molecule has 1 aromatic heterocycles. The van der Waals surface area contributed by atoms with Crippen molar-refractivity contribution in [2.75, 3.05) is 11.1 Å². The van der Waals surface area contributed by atoms with E-state index >= 15 is 0 Å². The monoisotopic (exact) mass is 198 g/mol. The van der Waals surface area contributed by atoms with Gasteiger partial charge in [-0.1, -0.05) is 11.6 Å². The van der Waals surface area contributed by atoms with Crippen LogP contribution in [-0.4, -0.2) is 15.5 Å². The molecular formula is C8H11ClN4. The molecule has 1 saturated carbocycles. The molecule has 1 heterocycles. The van der Waals surface area contributed by atoms with Crippen LogP contribution in [-0.2, 0) is 0 Å². The first kappa shape index (κ1) is 8.56. The van der Waals surface area contributed by atoms with Crippen LogP contribution in [0, 0.1) is 0 Å². The second kappa shape index (κ2) is 2.73. The van der Waals surface area contributed by atoms with Gasteiger partial charge in [0.15, 0.2) is 5.82 Å². The third kappa shape index (κ3) is 1.67. The summed E-state index contributed by atoms with van der Waals surface area (Å²) in [5, 5.41) is 3.65. The zero-order valence-corrected chi connectivity index (χ0v) is 8.10. The number of nitrogens with one attached hydrogen (secondary N) is 1. The molecule has 1 aliphatic rings. The number of aromatic nitrogens is 2. The van der Waals surface area contributed by atoms with E-state index in [1.165, 1.54) is 6.33 Å². The normalized spacial score (nSPS) is 18.3. The molecule has 0 atom stereocenters. The number of nitrogens with two attached hydrogens (primary N) is 1. The average molecular weight is 199 g/mol. The predicted molar refractivity (Wildman–Crippen MR) is 52.7 cm³/mol. The van der Waals surface area contributed by atoms with E-state index in [0.29, 0.717) is 16.7 Å². The van der Waals surface area contributed by atoms with Gasteiger partial charge in [0, 0.05) is 5.54 Å². The summed E-state index contributed by atoms with van der Waals surface area (Å²) in [4.78, 5) is 7.81. The van der Waals surface area contributed by atoms with Gasteiger partial charge < -0.3 is 11.1 Å². The van der Waals surface area contributed by atoms with Gasteiger partial charge in [-0.05, 0) is 19.8 Å². The Kier molecular flexibility index (Phi) is 1.80. The molecule has 70 valence electrons. The van der Waals surface area contributed by atoms with Crippen molar-refractivity contribution in [1.82, 2.24) is 9.97 Å². The van der Waals surface area contributed by atoms with Crippen molar-refractivity contribution in [3.05, 3.63) is 11.3 Å². The first-order valence-corrected chi connectivity index (χ1v) is 4.53. The van der Waals surface area contributed by atoms with Crippen molar-refractivity contribution in [1.29, 1.82) is 0 Å². The highest BCUT2D eigenvalue weighted by Gasteiger charge is 2.38. The number of hydrogen-bond acceptors (Lipinski definition) is 4. The highest BCUT2D eigenvalue weighted by molar-refractivity contribution is 6.35. The van der Waals surface area contributed by atoms with Gasteiger partial charge in [0.05, 0.1) is 0 Å². The maximum atomic E-state index is 5.91. The van der Waals surface area contributed by atoms with E-state index < -0.39 is 0 Å². The van der Waals surface area contributed by atoms with Crippen molar-refractivity contribution in [3.63, 3.8) is 0 Å². The van der Waals surface area contributed by atoms with E-state index in [0.717, 1.165) is 12.8 Å². The molecule has 13 heavy (non-hydrogen) atoms. The summed E-state index contributed by atoms with van der Waals surface area (Å²) in [6.07, 6.45) is 3.70. The van der Waals surface area contributed by atoms with Gasteiger partial charge in [0.25, 0.3) is 0 Å². The maximum Gasteiger partial charge on any atom is 0.150 e.